The number of hydrogen-bond acceptors (Lipinski definition) is 14. The summed E-state index contributed by atoms with van der Waals surface area (Å²) in [6, 6.07) is 33.1. The van der Waals surface area contributed by atoms with Gasteiger partial charge in [0.1, 0.15) is 17.1 Å². The first-order valence-corrected chi connectivity index (χ1v) is 31.1. The largest absolute Gasteiger partial charge is 0.501 e. The van der Waals surface area contributed by atoms with Crippen molar-refractivity contribution in [2.45, 2.75) is 91.8 Å². The quantitative estimate of drug-likeness (QED) is 0.0590. The molecule has 2 saturated heterocycles. The van der Waals surface area contributed by atoms with Gasteiger partial charge in [0.25, 0.3) is 25.8 Å². The Balaban J connectivity index is 0.906. The van der Waals surface area contributed by atoms with E-state index in [4.69, 9.17) is 21.1 Å². The summed E-state index contributed by atoms with van der Waals surface area (Å²) in [5, 5.41) is 3.42. The highest BCUT2D eigenvalue weighted by atomic mass is 35.5. The molecule has 2 N–H and O–H groups in total. The lowest BCUT2D eigenvalue weighted by molar-refractivity contribution is -0.145. The van der Waals surface area contributed by atoms with Crippen molar-refractivity contribution in [1.82, 2.24) is 19.4 Å². The van der Waals surface area contributed by atoms with E-state index in [2.05, 4.69) is 39.1 Å². The molecule has 0 radical (unpaired) electrons. The number of piperazine rings is 2. The number of rotatable bonds is 19. The third-order valence-electron chi connectivity index (χ3n) is 14.4. The predicted molar refractivity (Wildman–Crippen MR) is 309 cm³/mol. The fourth-order valence-corrected chi connectivity index (χ4v) is 13.4. The summed E-state index contributed by atoms with van der Waals surface area (Å²) in [5.41, 5.74) is -1.68. The Labute approximate surface area is 482 Å². The Bertz CT molecular complexity index is 3260. The van der Waals surface area contributed by atoms with E-state index >= 15 is 0 Å². The average Bonchev–Trinajstić information content (AvgIpc) is 3.62. The number of carbonyl (C=O) groups is 3. The number of thioether (sulfide) groups is 1. The van der Waals surface area contributed by atoms with Gasteiger partial charge >= 0.3 is 17.6 Å². The van der Waals surface area contributed by atoms with Crippen molar-refractivity contribution in [2.75, 3.05) is 81.4 Å². The highest BCUT2D eigenvalue weighted by Gasteiger charge is 2.49. The lowest BCUT2D eigenvalue weighted by Gasteiger charge is -2.44. The zero-order valence-corrected chi connectivity index (χ0v) is 48.9. The number of nitrogens with one attached hydrogen (secondary N) is 2. The molecule has 2 fully saturated rings. The maximum absolute atomic E-state index is 14.3. The van der Waals surface area contributed by atoms with E-state index in [9.17, 15) is 44.4 Å². The molecule has 5 aromatic carbocycles. The molecule has 2 atom stereocenters. The summed E-state index contributed by atoms with van der Waals surface area (Å²) in [5.74, 6) is -1.75. The lowest BCUT2D eigenvalue weighted by atomic mass is 9.71. The van der Waals surface area contributed by atoms with E-state index in [0.29, 0.717) is 42.8 Å². The smallest absolute Gasteiger partial charge is 0.461 e. The fourth-order valence-electron chi connectivity index (χ4n) is 10.3. The number of alkyl halides is 3. The molecule has 2 aliphatic heterocycles. The number of sulfonamides is 1. The average molecular weight is 1190 g/mol. The van der Waals surface area contributed by atoms with Gasteiger partial charge in [-0.05, 0) is 129 Å². The van der Waals surface area contributed by atoms with E-state index in [1.54, 1.807) is 77.7 Å². The van der Waals surface area contributed by atoms with Gasteiger partial charge in [-0.15, -0.1) is 11.8 Å². The second-order valence-corrected chi connectivity index (χ2v) is 27.1. The minimum Gasteiger partial charge on any atom is -0.461 e. The molecule has 0 saturated carbocycles. The van der Waals surface area contributed by atoms with Gasteiger partial charge in [-0.2, -0.15) is 13.2 Å². The Hall–Kier alpha value is -6.10. The number of nitrogens with zero attached hydrogens (tertiary/aromatic N) is 4. The standard InChI is InChI=1S/C59H68ClF3N6O9S3/c1-57(2,3)78-56(72)69-33-29-67(30-34-69)41-58(4)26-25-51(43-15-19-46(60)20-16-43)45(37-58)38-66-27-31-68(32-28-66)48-21-17-44(18-22-48)55(71)65-81(75,76)50-23-24-52(53(36-50)80(73,74)59(61,62)63)64-47(40-79-49-13-9-6-10-14-49)35-54(70)77-39-42-11-7-5-8-12-42/h5-24,36,47,64H,25-35,37-41H2,1-4H3,(H,65,71)/t47-,58?/m1/s1. The number of ether oxygens (including phenoxy) is 2. The van der Waals surface area contributed by atoms with Gasteiger partial charge in [-0.1, -0.05) is 84.8 Å². The second kappa shape index (κ2) is 26.0. The molecule has 0 bridgehead atoms. The minimum absolute atomic E-state index is 0.0165. The number of sulfone groups is 1. The van der Waals surface area contributed by atoms with Gasteiger partial charge in [0.15, 0.2) is 0 Å². The summed E-state index contributed by atoms with van der Waals surface area (Å²) >= 11 is 7.57. The zero-order valence-electron chi connectivity index (χ0n) is 45.7. The normalized spacial score (nSPS) is 18.3. The lowest BCUT2D eigenvalue weighted by Crippen LogP contribution is -2.52. The van der Waals surface area contributed by atoms with E-state index in [0.717, 1.165) is 86.8 Å². The van der Waals surface area contributed by atoms with Crippen LogP contribution in [0.15, 0.2) is 148 Å². The molecule has 81 heavy (non-hydrogen) atoms. The summed E-state index contributed by atoms with van der Waals surface area (Å²) in [4.78, 5) is 46.7. The number of allylic oxidation sites excluding steroid dienone is 1. The van der Waals surface area contributed by atoms with Gasteiger partial charge in [-0.3, -0.25) is 19.4 Å². The first-order chi connectivity index (χ1) is 38.3. The van der Waals surface area contributed by atoms with Gasteiger partial charge in [-0.25, -0.2) is 26.4 Å². The summed E-state index contributed by atoms with van der Waals surface area (Å²) in [6.07, 6.45) is 2.18. The summed E-state index contributed by atoms with van der Waals surface area (Å²) in [7, 11) is -11.2. The monoisotopic (exact) mass is 1190 g/mol. The Morgan fingerprint density at radius 1 is 0.778 bits per heavy atom. The highest BCUT2D eigenvalue weighted by molar-refractivity contribution is 7.99. The molecule has 5 aromatic rings. The van der Waals surface area contributed by atoms with Crippen molar-refractivity contribution < 1.29 is 53.9 Å². The highest BCUT2D eigenvalue weighted by Crippen LogP contribution is 2.44. The topological polar surface area (TPSA) is 175 Å². The molecule has 0 aromatic heterocycles. The maximum atomic E-state index is 14.3. The molecular formula is C59H68ClF3N6O9S3. The van der Waals surface area contributed by atoms with E-state index in [1.807, 2.05) is 37.6 Å². The number of carbonyl (C=O) groups excluding carboxylic acids is 3. The Morgan fingerprint density at radius 2 is 1.41 bits per heavy atom. The van der Waals surface area contributed by atoms with Crippen LogP contribution >= 0.6 is 23.4 Å². The zero-order chi connectivity index (χ0) is 58.2. The van der Waals surface area contributed by atoms with Crippen LogP contribution < -0.4 is 14.9 Å². The number of hydrogen-bond donors (Lipinski definition) is 2. The van der Waals surface area contributed by atoms with Crippen LogP contribution in [0.5, 0.6) is 0 Å². The maximum Gasteiger partial charge on any atom is 0.501 e. The summed E-state index contributed by atoms with van der Waals surface area (Å²) in [6.45, 7) is 15.2. The van der Waals surface area contributed by atoms with Crippen molar-refractivity contribution in [3.8, 4) is 0 Å². The number of amides is 2. The molecule has 15 nitrogen and oxygen atoms in total. The Morgan fingerprint density at radius 3 is 2.04 bits per heavy atom. The van der Waals surface area contributed by atoms with Crippen molar-refractivity contribution in [1.29, 1.82) is 0 Å². The van der Waals surface area contributed by atoms with Crippen LogP contribution in [0.3, 0.4) is 0 Å². The third-order valence-corrected chi connectivity index (χ3v) is 18.7. The number of anilines is 2. The van der Waals surface area contributed by atoms with E-state index < -0.39 is 70.8 Å². The molecule has 1 aliphatic carbocycles. The first-order valence-electron chi connectivity index (χ1n) is 26.7. The van der Waals surface area contributed by atoms with Crippen molar-refractivity contribution in [3.05, 3.63) is 155 Å². The predicted octanol–water partition coefficient (Wildman–Crippen LogP) is 10.8. The molecular weight excluding hydrogens is 1130 g/mol. The molecule has 1 unspecified atom stereocenters. The van der Waals surface area contributed by atoms with Crippen molar-refractivity contribution >= 4 is 78.1 Å². The van der Waals surface area contributed by atoms with Crippen LogP contribution in [0.4, 0.5) is 29.3 Å². The van der Waals surface area contributed by atoms with Crippen LogP contribution in [0, 0.1) is 5.41 Å². The van der Waals surface area contributed by atoms with Crippen LogP contribution in [-0.4, -0.2) is 138 Å². The van der Waals surface area contributed by atoms with Crippen LogP contribution in [0.1, 0.15) is 74.9 Å². The number of benzene rings is 5. The second-order valence-electron chi connectivity index (χ2n) is 22.0. The molecule has 3 aliphatic rings. The molecule has 0 spiro atoms. The fraction of sp³-hybridized carbons (Fsp3) is 0.407. The van der Waals surface area contributed by atoms with Crippen LogP contribution in [0.2, 0.25) is 5.02 Å². The molecule has 8 rings (SSSR count). The number of esters is 1. The molecule has 2 heterocycles. The van der Waals surface area contributed by atoms with Gasteiger partial charge in [0.2, 0.25) is 0 Å². The molecule has 434 valence electrons. The van der Waals surface area contributed by atoms with Crippen molar-refractivity contribution in [2.24, 2.45) is 5.41 Å². The molecule has 2 amide bonds. The number of halogens is 4. The SMILES string of the molecule is CC1(CN2CCN(C(=O)OC(C)(C)C)CC2)CCC(c2ccc(Cl)cc2)=C(CN2CCN(c3ccc(C(=O)NS(=O)(=O)c4ccc(N[C@@H](CSc5ccccc5)CC(=O)OCc5ccccc5)c(S(=O)(=O)C(F)(F)F)c4)cc3)CC2)C1. The Kier molecular flexibility index (Phi) is 19.6. The minimum atomic E-state index is -6.21. The first kappa shape index (κ1) is 61.0. The summed E-state index contributed by atoms with van der Waals surface area (Å²) < 4.78 is 110. The van der Waals surface area contributed by atoms with E-state index in [1.165, 1.54) is 35.0 Å². The van der Waals surface area contributed by atoms with Gasteiger partial charge in [0.05, 0.1) is 17.0 Å². The third kappa shape index (κ3) is 16.6. The van der Waals surface area contributed by atoms with Crippen molar-refractivity contribution in [3.63, 3.8) is 0 Å². The molecule has 22 heteroatoms. The van der Waals surface area contributed by atoms with E-state index in [-0.39, 0.29) is 29.4 Å². The van der Waals surface area contributed by atoms with Crippen LogP contribution in [-0.2, 0) is 40.7 Å². The van der Waals surface area contributed by atoms with Crippen LogP contribution in [0.25, 0.3) is 5.57 Å². The van der Waals surface area contributed by atoms with Gasteiger partial charge in [0, 0.05) is 98.4 Å². The van der Waals surface area contributed by atoms with Gasteiger partial charge < -0.3 is 24.6 Å².